The molecule has 0 aromatic heterocycles. The van der Waals surface area contributed by atoms with Gasteiger partial charge in [-0.15, -0.1) is 0 Å². The van der Waals surface area contributed by atoms with Crippen molar-refractivity contribution in [2.75, 3.05) is 0 Å². The average Bonchev–Trinajstić information content (AvgIpc) is 2.02. The Hall–Kier alpha value is -0.430. The molecule has 0 radical (unpaired) electrons. The van der Waals surface area contributed by atoms with Crippen molar-refractivity contribution in [3.63, 3.8) is 0 Å². The minimum Gasteiger partial charge on any atom is -0.192 e. The van der Waals surface area contributed by atoms with Crippen LogP contribution in [0.25, 0.3) is 0 Å². The van der Waals surface area contributed by atoms with E-state index in [0.717, 1.165) is 9.93 Å². The van der Waals surface area contributed by atoms with Crippen LogP contribution >= 0.6 is 20.7 Å². The normalized spacial score (nSPS) is 12.7. The molecule has 0 aromatic rings. The molecule has 0 atom stereocenters. The molecule has 0 aliphatic rings. The zero-order chi connectivity index (χ0) is 10.3. The van der Waals surface area contributed by atoms with E-state index in [4.69, 9.17) is 5.26 Å². The van der Waals surface area contributed by atoms with E-state index in [2.05, 4.69) is 36.7 Å². The third kappa shape index (κ3) is 7.92. The number of hydrogen-bond donors (Lipinski definition) is 0. The Morgan fingerprint density at radius 1 is 1.62 bits per heavy atom. The zero-order valence-corrected chi connectivity index (χ0v) is 10.6. The summed E-state index contributed by atoms with van der Waals surface area (Å²) < 4.78 is 3.06. The van der Waals surface area contributed by atoms with Crippen molar-refractivity contribution >= 4 is 24.2 Å². The highest BCUT2D eigenvalue weighted by Crippen LogP contribution is 2.12. The van der Waals surface area contributed by atoms with Crippen molar-refractivity contribution in [3.8, 4) is 6.07 Å². The monoisotopic (exact) mass is 289 g/mol. The quantitative estimate of drug-likeness (QED) is 0.570. The van der Waals surface area contributed by atoms with E-state index in [0.29, 0.717) is 5.92 Å². The predicted molar refractivity (Wildman–Crippen MR) is 68.0 cm³/mol. The molecule has 0 aliphatic carbocycles. The fourth-order valence-electron chi connectivity index (χ4n) is 0.832. The number of hydrogen-bond acceptors (Lipinski definition) is 1. The Bertz CT molecular complexity index is 266. The molecule has 13 heavy (non-hydrogen) atoms. The highest BCUT2D eigenvalue weighted by molar-refractivity contribution is 14.2. The van der Waals surface area contributed by atoms with Crippen molar-refractivity contribution in [3.05, 3.63) is 22.3 Å². The standard InChI is InChI=1S/C11H16IN/c1-9(2)7-10(3)5-6-12-11(4)8-13/h5-6,9H,3,7H2,1-2,4H3/b6-5-. The molecule has 72 valence electrons. The van der Waals surface area contributed by atoms with Crippen LogP contribution in [0.1, 0.15) is 27.2 Å². The van der Waals surface area contributed by atoms with Crippen molar-refractivity contribution < 1.29 is 0 Å². The van der Waals surface area contributed by atoms with Gasteiger partial charge in [-0.1, -0.05) is 52.8 Å². The molecule has 0 aromatic carbocycles. The first kappa shape index (κ1) is 12.6. The van der Waals surface area contributed by atoms with Gasteiger partial charge < -0.3 is 0 Å². The lowest BCUT2D eigenvalue weighted by Crippen LogP contribution is -1.86. The molecule has 0 unspecified atom stereocenters. The molecule has 0 heterocycles. The third-order valence-electron chi connectivity index (χ3n) is 1.35. The summed E-state index contributed by atoms with van der Waals surface area (Å²) in [6.45, 7) is 10.2. The van der Waals surface area contributed by atoms with Crippen LogP contribution in [0, 0.1) is 17.2 Å². The Labute approximate surface area is 90.9 Å². The second-order valence-electron chi connectivity index (χ2n) is 3.30. The Kier molecular flexibility index (Phi) is 6.79. The Balaban J connectivity index is 4.01. The number of nitriles is 1. The van der Waals surface area contributed by atoms with Gasteiger partial charge in [0.25, 0.3) is 0 Å². The summed E-state index contributed by atoms with van der Waals surface area (Å²) in [5, 5.41) is 8.53. The average molecular weight is 289 g/mol. The third-order valence-corrected chi connectivity index (χ3v) is 3.24. The van der Waals surface area contributed by atoms with E-state index in [1.807, 2.05) is 6.92 Å². The van der Waals surface area contributed by atoms with Gasteiger partial charge in [0.1, 0.15) is 6.07 Å². The van der Waals surface area contributed by atoms with Crippen LogP contribution in [0.2, 0.25) is 0 Å². The molecular formula is C11H16IN. The maximum Gasteiger partial charge on any atom is 0.101 e. The summed E-state index contributed by atoms with van der Waals surface area (Å²) in [5.41, 5.74) is 1.17. The number of halogens is 1. The smallest absolute Gasteiger partial charge is 0.101 e. The molecule has 0 saturated heterocycles. The summed E-state index contributed by atoms with van der Waals surface area (Å²) >= 11 is -0.183. The first-order valence-corrected chi connectivity index (χ1v) is 6.60. The molecule has 0 aliphatic heterocycles. The largest absolute Gasteiger partial charge is 0.192 e. The molecule has 0 bridgehead atoms. The van der Waals surface area contributed by atoms with Crippen molar-refractivity contribution in [1.82, 2.24) is 0 Å². The highest BCUT2D eigenvalue weighted by atomic mass is 127. The van der Waals surface area contributed by atoms with Crippen LogP contribution in [0.3, 0.4) is 0 Å². The molecule has 0 rings (SSSR count). The second kappa shape index (κ2) is 7.02. The van der Waals surface area contributed by atoms with Crippen LogP contribution in [-0.2, 0) is 0 Å². The molecule has 0 N–H and O–H groups in total. The summed E-state index contributed by atoms with van der Waals surface area (Å²) in [4.78, 5) is 0. The van der Waals surface area contributed by atoms with Crippen molar-refractivity contribution in [2.45, 2.75) is 27.2 Å². The van der Waals surface area contributed by atoms with Crippen molar-refractivity contribution in [2.24, 2.45) is 5.92 Å². The van der Waals surface area contributed by atoms with Gasteiger partial charge in [0.05, 0.1) is 3.51 Å². The van der Waals surface area contributed by atoms with Gasteiger partial charge in [-0.2, -0.15) is 5.26 Å². The summed E-state index contributed by atoms with van der Waals surface area (Å²) in [6.07, 6.45) is 3.11. The minimum absolute atomic E-state index is 0.183. The molecule has 0 amide bonds. The van der Waals surface area contributed by atoms with E-state index in [1.165, 1.54) is 5.57 Å². The van der Waals surface area contributed by atoms with E-state index >= 15 is 0 Å². The van der Waals surface area contributed by atoms with Crippen LogP contribution in [0.4, 0.5) is 0 Å². The zero-order valence-electron chi connectivity index (χ0n) is 8.47. The molecule has 0 saturated carbocycles. The SMILES string of the molecule is C=C(/C=C\I=C(/C)C#N)CC(C)C. The van der Waals surface area contributed by atoms with Crippen molar-refractivity contribution in [1.29, 1.82) is 5.26 Å². The van der Waals surface area contributed by atoms with Crippen LogP contribution < -0.4 is 0 Å². The Morgan fingerprint density at radius 3 is 2.69 bits per heavy atom. The summed E-state index contributed by atoms with van der Waals surface area (Å²) in [6, 6.07) is 2.16. The topological polar surface area (TPSA) is 23.8 Å². The fourth-order valence-corrected chi connectivity index (χ4v) is 2.20. The first-order chi connectivity index (χ1) is 6.06. The van der Waals surface area contributed by atoms with E-state index < -0.39 is 0 Å². The van der Waals surface area contributed by atoms with Crippen LogP contribution in [0.5, 0.6) is 0 Å². The van der Waals surface area contributed by atoms with Crippen LogP contribution in [-0.4, -0.2) is 3.51 Å². The number of rotatable bonds is 4. The van der Waals surface area contributed by atoms with Gasteiger partial charge in [0.15, 0.2) is 0 Å². The van der Waals surface area contributed by atoms with E-state index in [9.17, 15) is 0 Å². The second-order valence-corrected chi connectivity index (χ2v) is 6.26. The maximum absolute atomic E-state index is 8.53. The Morgan fingerprint density at radius 2 is 2.23 bits per heavy atom. The lowest BCUT2D eigenvalue weighted by atomic mass is 10.1. The van der Waals surface area contributed by atoms with Gasteiger partial charge in [0.2, 0.25) is 0 Å². The molecule has 1 nitrogen and oxygen atoms in total. The molecule has 2 heteroatoms. The molecule has 0 spiro atoms. The van der Waals surface area contributed by atoms with E-state index in [-0.39, 0.29) is 20.7 Å². The fraction of sp³-hybridized carbons (Fsp3) is 0.455. The van der Waals surface area contributed by atoms with Gasteiger partial charge >= 0.3 is 0 Å². The van der Waals surface area contributed by atoms with E-state index in [1.54, 1.807) is 0 Å². The molecule has 0 fully saturated rings. The van der Waals surface area contributed by atoms with Gasteiger partial charge in [-0.3, -0.25) is 0 Å². The number of nitrogens with zero attached hydrogens (tertiary/aromatic N) is 1. The highest BCUT2D eigenvalue weighted by Gasteiger charge is 1.93. The van der Waals surface area contributed by atoms with Gasteiger partial charge in [-0.25, -0.2) is 0 Å². The maximum atomic E-state index is 8.53. The predicted octanol–water partition coefficient (Wildman–Crippen LogP) is 3.79. The lowest BCUT2D eigenvalue weighted by molar-refractivity contribution is 0.651. The number of allylic oxidation sites excluding steroid dienone is 2. The van der Waals surface area contributed by atoms with Gasteiger partial charge in [0, 0.05) is 0 Å². The summed E-state index contributed by atoms with van der Waals surface area (Å²) in [7, 11) is 0. The first-order valence-electron chi connectivity index (χ1n) is 4.27. The molecular weight excluding hydrogens is 273 g/mol. The van der Waals surface area contributed by atoms with Gasteiger partial charge in [-0.05, 0) is 23.3 Å². The summed E-state index contributed by atoms with van der Waals surface area (Å²) in [5.74, 6) is 0.663. The lowest BCUT2D eigenvalue weighted by Gasteiger charge is -2.01. The van der Waals surface area contributed by atoms with Crippen LogP contribution in [0.15, 0.2) is 22.3 Å². The minimum atomic E-state index is -0.183.